The average molecular weight is 417 g/mol. The van der Waals surface area contributed by atoms with Crippen molar-refractivity contribution in [3.05, 3.63) is 63.5 Å². The van der Waals surface area contributed by atoms with Gasteiger partial charge in [0.15, 0.2) is 0 Å². The number of nitrogens with one attached hydrogen (secondary N) is 2. The number of aryl methyl sites for hydroxylation is 1. The molecule has 0 aliphatic rings. The molecule has 0 aliphatic carbocycles. The van der Waals surface area contributed by atoms with Gasteiger partial charge in [-0.05, 0) is 30.7 Å². The number of thiophene rings is 1. The van der Waals surface area contributed by atoms with Gasteiger partial charge < -0.3 is 15.4 Å². The maximum atomic E-state index is 12.4. The van der Waals surface area contributed by atoms with Gasteiger partial charge in [0.2, 0.25) is 5.91 Å². The van der Waals surface area contributed by atoms with Crippen molar-refractivity contribution in [3.63, 3.8) is 0 Å². The SMILES string of the molecule is COC(=O)c1ccc(C)c(NC(=O)CNC(=O)c2sc3ccccc3c2Cl)c1. The highest BCUT2D eigenvalue weighted by atomic mass is 35.5. The number of amides is 2. The molecule has 0 unspecified atom stereocenters. The van der Waals surface area contributed by atoms with E-state index in [4.69, 9.17) is 11.6 Å². The van der Waals surface area contributed by atoms with Crippen LogP contribution in [-0.2, 0) is 9.53 Å². The molecule has 2 aromatic carbocycles. The highest BCUT2D eigenvalue weighted by molar-refractivity contribution is 7.21. The van der Waals surface area contributed by atoms with Gasteiger partial charge in [0.05, 0.1) is 24.2 Å². The summed E-state index contributed by atoms with van der Waals surface area (Å²) in [5.74, 6) is -1.33. The molecule has 144 valence electrons. The Morgan fingerprint density at radius 2 is 1.89 bits per heavy atom. The van der Waals surface area contributed by atoms with Crippen LogP contribution in [0.4, 0.5) is 5.69 Å². The van der Waals surface area contributed by atoms with Crippen LogP contribution >= 0.6 is 22.9 Å². The fourth-order valence-electron chi connectivity index (χ4n) is 2.60. The van der Waals surface area contributed by atoms with E-state index in [1.807, 2.05) is 24.3 Å². The van der Waals surface area contributed by atoms with Crippen LogP contribution in [-0.4, -0.2) is 31.4 Å². The number of anilines is 1. The molecule has 1 heterocycles. The van der Waals surface area contributed by atoms with E-state index in [-0.39, 0.29) is 6.54 Å². The lowest BCUT2D eigenvalue weighted by Gasteiger charge is -2.10. The zero-order chi connectivity index (χ0) is 20.3. The lowest BCUT2D eigenvalue weighted by atomic mass is 10.1. The summed E-state index contributed by atoms with van der Waals surface area (Å²) < 4.78 is 5.58. The molecule has 0 aliphatic heterocycles. The van der Waals surface area contributed by atoms with Crippen LogP contribution in [0.3, 0.4) is 0 Å². The number of carbonyl (C=O) groups is 3. The van der Waals surface area contributed by atoms with Crippen molar-refractivity contribution in [2.24, 2.45) is 0 Å². The number of fused-ring (bicyclic) bond motifs is 1. The van der Waals surface area contributed by atoms with E-state index in [1.165, 1.54) is 24.5 Å². The Balaban J connectivity index is 1.66. The van der Waals surface area contributed by atoms with Crippen LogP contribution in [0, 0.1) is 6.92 Å². The van der Waals surface area contributed by atoms with Gasteiger partial charge in [-0.3, -0.25) is 9.59 Å². The fourth-order valence-corrected chi connectivity index (χ4v) is 4.03. The van der Waals surface area contributed by atoms with Crippen molar-refractivity contribution in [1.82, 2.24) is 5.32 Å². The molecule has 2 amide bonds. The van der Waals surface area contributed by atoms with Crippen molar-refractivity contribution in [2.45, 2.75) is 6.92 Å². The molecule has 0 saturated heterocycles. The van der Waals surface area contributed by atoms with Crippen molar-refractivity contribution < 1.29 is 19.1 Å². The third-order valence-corrected chi connectivity index (χ3v) is 5.76. The van der Waals surface area contributed by atoms with E-state index >= 15 is 0 Å². The summed E-state index contributed by atoms with van der Waals surface area (Å²) in [5.41, 5.74) is 1.58. The fraction of sp³-hybridized carbons (Fsp3) is 0.150. The summed E-state index contributed by atoms with van der Waals surface area (Å²) in [6, 6.07) is 12.3. The number of halogens is 1. The van der Waals surface area contributed by atoms with Crippen molar-refractivity contribution in [1.29, 1.82) is 0 Å². The predicted molar refractivity (Wildman–Crippen MR) is 110 cm³/mol. The third-order valence-electron chi connectivity index (χ3n) is 4.08. The quantitative estimate of drug-likeness (QED) is 0.615. The topological polar surface area (TPSA) is 84.5 Å². The lowest BCUT2D eigenvalue weighted by Crippen LogP contribution is -2.32. The van der Waals surface area contributed by atoms with Gasteiger partial charge in [0, 0.05) is 15.8 Å². The first-order valence-electron chi connectivity index (χ1n) is 8.34. The minimum absolute atomic E-state index is 0.231. The number of esters is 1. The molecule has 1 aromatic heterocycles. The van der Waals surface area contributed by atoms with E-state index in [0.717, 1.165) is 15.6 Å². The lowest BCUT2D eigenvalue weighted by molar-refractivity contribution is -0.115. The van der Waals surface area contributed by atoms with Crippen LogP contribution in [0.1, 0.15) is 25.6 Å². The number of benzene rings is 2. The van der Waals surface area contributed by atoms with Crippen LogP contribution in [0.25, 0.3) is 10.1 Å². The van der Waals surface area contributed by atoms with E-state index in [2.05, 4.69) is 15.4 Å². The molecule has 0 spiro atoms. The van der Waals surface area contributed by atoms with E-state index in [1.54, 1.807) is 19.1 Å². The van der Waals surface area contributed by atoms with Gasteiger partial charge in [-0.25, -0.2) is 4.79 Å². The normalized spacial score (nSPS) is 10.5. The van der Waals surface area contributed by atoms with Crippen molar-refractivity contribution >= 4 is 56.5 Å². The van der Waals surface area contributed by atoms with Crippen LogP contribution < -0.4 is 10.6 Å². The van der Waals surface area contributed by atoms with Gasteiger partial charge in [0.25, 0.3) is 5.91 Å². The van der Waals surface area contributed by atoms with Gasteiger partial charge in [-0.15, -0.1) is 11.3 Å². The van der Waals surface area contributed by atoms with Gasteiger partial charge in [0.1, 0.15) is 4.88 Å². The molecule has 2 N–H and O–H groups in total. The molecule has 6 nitrogen and oxygen atoms in total. The van der Waals surface area contributed by atoms with E-state index in [9.17, 15) is 14.4 Å². The summed E-state index contributed by atoms with van der Waals surface area (Å²) in [7, 11) is 1.29. The summed E-state index contributed by atoms with van der Waals surface area (Å²) in [4.78, 5) is 36.6. The Kier molecular flexibility index (Phi) is 5.96. The first kappa shape index (κ1) is 19.9. The first-order chi connectivity index (χ1) is 13.4. The number of hydrogen-bond donors (Lipinski definition) is 2. The standard InChI is InChI=1S/C20H17ClN2O4S/c1-11-7-8-12(20(26)27-2)9-14(11)23-16(24)10-22-19(25)18-17(21)13-5-3-4-6-15(13)28-18/h3-9H,10H2,1-2H3,(H,22,25)(H,23,24). The Morgan fingerprint density at radius 1 is 1.14 bits per heavy atom. The first-order valence-corrected chi connectivity index (χ1v) is 9.54. The third kappa shape index (κ3) is 4.16. The minimum atomic E-state index is -0.497. The second-order valence-corrected chi connectivity index (χ2v) is 7.42. The number of rotatable bonds is 5. The maximum Gasteiger partial charge on any atom is 0.337 e. The number of carbonyl (C=O) groups excluding carboxylic acids is 3. The Labute approximate surface area is 170 Å². The molecule has 0 radical (unpaired) electrons. The molecule has 3 rings (SSSR count). The maximum absolute atomic E-state index is 12.4. The Bertz CT molecular complexity index is 1080. The smallest absolute Gasteiger partial charge is 0.337 e. The Morgan fingerprint density at radius 3 is 2.61 bits per heavy atom. The molecule has 0 atom stereocenters. The van der Waals surface area contributed by atoms with Crippen LogP contribution in [0.2, 0.25) is 5.02 Å². The monoisotopic (exact) mass is 416 g/mol. The Hall–Kier alpha value is -2.90. The summed E-state index contributed by atoms with van der Waals surface area (Å²) in [6.07, 6.45) is 0. The number of ether oxygens (including phenoxy) is 1. The average Bonchev–Trinajstić information content (AvgIpc) is 3.04. The molecule has 0 fully saturated rings. The molecule has 3 aromatic rings. The summed E-state index contributed by atoms with van der Waals surface area (Å²) in [5, 5.41) is 6.44. The molecule has 0 bridgehead atoms. The van der Waals surface area contributed by atoms with E-state index < -0.39 is 17.8 Å². The molecular weight excluding hydrogens is 400 g/mol. The van der Waals surface area contributed by atoms with Crippen molar-refractivity contribution in [3.8, 4) is 0 Å². The van der Waals surface area contributed by atoms with Gasteiger partial charge in [-0.2, -0.15) is 0 Å². The van der Waals surface area contributed by atoms with Gasteiger partial charge in [-0.1, -0.05) is 35.9 Å². The largest absolute Gasteiger partial charge is 0.465 e. The van der Waals surface area contributed by atoms with Crippen molar-refractivity contribution in [2.75, 3.05) is 19.0 Å². The summed E-state index contributed by atoms with van der Waals surface area (Å²) in [6.45, 7) is 1.57. The molecule has 28 heavy (non-hydrogen) atoms. The number of hydrogen-bond acceptors (Lipinski definition) is 5. The molecular formula is C20H17ClN2O4S. The number of methoxy groups -OCH3 is 1. The summed E-state index contributed by atoms with van der Waals surface area (Å²) >= 11 is 7.55. The van der Waals surface area contributed by atoms with Crippen LogP contribution in [0.15, 0.2) is 42.5 Å². The zero-order valence-corrected chi connectivity index (χ0v) is 16.7. The van der Waals surface area contributed by atoms with Gasteiger partial charge >= 0.3 is 5.97 Å². The predicted octanol–water partition coefficient (Wildman–Crippen LogP) is 4.02. The second-order valence-electron chi connectivity index (χ2n) is 5.99. The molecule has 8 heteroatoms. The molecule has 0 saturated carbocycles. The minimum Gasteiger partial charge on any atom is -0.465 e. The zero-order valence-electron chi connectivity index (χ0n) is 15.2. The van der Waals surface area contributed by atoms with E-state index in [0.29, 0.717) is 21.2 Å². The highest BCUT2D eigenvalue weighted by Gasteiger charge is 2.18. The second kappa shape index (κ2) is 8.41. The van der Waals surface area contributed by atoms with Crippen LogP contribution in [0.5, 0.6) is 0 Å². The highest BCUT2D eigenvalue weighted by Crippen LogP contribution is 2.34.